The highest BCUT2D eigenvalue weighted by molar-refractivity contribution is 6.03. The van der Waals surface area contributed by atoms with Crippen molar-refractivity contribution in [2.24, 2.45) is 7.05 Å². The Balaban J connectivity index is 2.18. The van der Waals surface area contributed by atoms with Crippen LogP contribution in [-0.2, 0) is 17.9 Å². The van der Waals surface area contributed by atoms with Gasteiger partial charge < -0.3 is 5.32 Å². The van der Waals surface area contributed by atoms with Crippen LogP contribution >= 0.6 is 0 Å². The zero-order valence-corrected chi connectivity index (χ0v) is 15.2. The molecular weight excluding hydrogens is 286 g/mol. The molecular formula is C19H27N3O. The summed E-state index contributed by atoms with van der Waals surface area (Å²) < 4.78 is 1.64. The van der Waals surface area contributed by atoms with E-state index in [0.29, 0.717) is 5.69 Å². The molecule has 0 bridgehead atoms. The van der Waals surface area contributed by atoms with Crippen molar-refractivity contribution in [3.8, 4) is 0 Å². The van der Waals surface area contributed by atoms with E-state index < -0.39 is 0 Å². The van der Waals surface area contributed by atoms with Crippen LogP contribution in [0.2, 0.25) is 0 Å². The molecule has 1 aromatic heterocycles. The van der Waals surface area contributed by atoms with Crippen LogP contribution in [0, 0.1) is 0 Å². The number of nitrogens with zero attached hydrogens (tertiary/aromatic N) is 2. The lowest BCUT2D eigenvalue weighted by molar-refractivity contribution is 0.101. The predicted octanol–water partition coefficient (Wildman–Crippen LogP) is 4.27. The van der Waals surface area contributed by atoms with E-state index in [4.69, 9.17) is 0 Å². The monoisotopic (exact) mass is 313 g/mol. The number of rotatable bonds is 2. The molecule has 0 aliphatic rings. The number of amides is 1. The molecule has 23 heavy (non-hydrogen) atoms. The Kier molecular flexibility index (Phi) is 4.38. The molecule has 0 fully saturated rings. The zero-order chi connectivity index (χ0) is 17.4. The van der Waals surface area contributed by atoms with Gasteiger partial charge in [-0.3, -0.25) is 9.48 Å². The molecule has 1 N–H and O–H groups in total. The van der Waals surface area contributed by atoms with Gasteiger partial charge in [-0.05, 0) is 29.2 Å². The second-order valence-electron chi connectivity index (χ2n) is 8.07. The number of aryl methyl sites for hydroxylation is 1. The van der Waals surface area contributed by atoms with Crippen molar-refractivity contribution < 1.29 is 4.79 Å². The third-order valence-electron chi connectivity index (χ3n) is 3.89. The molecule has 1 aromatic carbocycles. The minimum atomic E-state index is -0.140. The molecule has 0 unspecified atom stereocenters. The topological polar surface area (TPSA) is 46.9 Å². The van der Waals surface area contributed by atoms with Crippen LogP contribution in [0.25, 0.3) is 0 Å². The highest BCUT2D eigenvalue weighted by Crippen LogP contribution is 2.24. The number of aromatic nitrogens is 2. The molecule has 124 valence electrons. The van der Waals surface area contributed by atoms with Gasteiger partial charge in [0, 0.05) is 18.2 Å². The summed E-state index contributed by atoms with van der Waals surface area (Å²) in [6, 6.07) is 9.86. The molecule has 4 heteroatoms. The molecule has 2 aromatic rings. The van der Waals surface area contributed by atoms with Crippen LogP contribution in [0.4, 0.5) is 5.69 Å². The molecule has 0 radical (unpaired) electrons. The fourth-order valence-electron chi connectivity index (χ4n) is 2.29. The van der Waals surface area contributed by atoms with E-state index in [9.17, 15) is 4.79 Å². The number of nitrogens with one attached hydrogen (secondary N) is 1. The number of anilines is 1. The fourth-order valence-corrected chi connectivity index (χ4v) is 2.29. The molecule has 4 nitrogen and oxygen atoms in total. The van der Waals surface area contributed by atoms with Crippen LogP contribution in [0.3, 0.4) is 0 Å². The van der Waals surface area contributed by atoms with Crippen molar-refractivity contribution in [3.63, 3.8) is 0 Å². The maximum Gasteiger partial charge on any atom is 0.273 e. The van der Waals surface area contributed by atoms with Crippen molar-refractivity contribution in [2.75, 3.05) is 5.32 Å². The molecule has 0 aliphatic carbocycles. The third kappa shape index (κ3) is 4.01. The van der Waals surface area contributed by atoms with Gasteiger partial charge in [-0.2, -0.15) is 5.10 Å². The first-order valence-corrected chi connectivity index (χ1v) is 7.95. The van der Waals surface area contributed by atoms with Crippen LogP contribution in [0.5, 0.6) is 0 Å². The largest absolute Gasteiger partial charge is 0.321 e. The average molecular weight is 313 g/mol. The molecule has 1 heterocycles. The Morgan fingerprint density at radius 3 is 2.00 bits per heavy atom. The second-order valence-corrected chi connectivity index (χ2v) is 8.07. The summed E-state index contributed by atoms with van der Waals surface area (Å²) in [5.74, 6) is -0.140. The van der Waals surface area contributed by atoms with Crippen molar-refractivity contribution >= 4 is 11.6 Å². The predicted molar refractivity (Wildman–Crippen MR) is 95.0 cm³/mol. The molecule has 0 spiro atoms. The molecule has 0 saturated heterocycles. The molecule has 0 atom stereocenters. The van der Waals surface area contributed by atoms with Gasteiger partial charge in [0.1, 0.15) is 5.69 Å². The molecule has 2 rings (SSSR count). The highest BCUT2D eigenvalue weighted by atomic mass is 16.2. The van der Waals surface area contributed by atoms with Gasteiger partial charge >= 0.3 is 0 Å². The Bertz CT molecular complexity index is 698. The number of hydrogen-bond acceptors (Lipinski definition) is 2. The fraction of sp³-hybridized carbons (Fsp3) is 0.474. The van der Waals surface area contributed by atoms with Crippen molar-refractivity contribution in [3.05, 3.63) is 47.3 Å². The van der Waals surface area contributed by atoms with Crippen molar-refractivity contribution in [1.29, 1.82) is 0 Å². The van der Waals surface area contributed by atoms with Crippen molar-refractivity contribution in [1.82, 2.24) is 9.78 Å². The van der Waals surface area contributed by atoms with Gasteiger partial charge in [0.2, 0.25) is 0 Å². The molecule has 1 amide bonds. The van der Waals surface area contributed by atoms with Crippen LogP contribution in [0.15, 0.2) is 30.3 Å². The molecule has 0 aliphatic heterocycles. The van der Waals surface area contributed by atoms with E-state index in [2.05, 4.69) is 64.1 Å². The number of hydrogen-bond donors (Lipinski definition) is 1. The van der Waals surface area contributed by atoms with Gasteiger partial charge in [0.15, 0.2) is 0 Å². The van der Waals surface area contributed by atoms with E-state index >= 15 is 0 Å². The lowest BCUT2D eigenvalue weighted by Gasteiger charge is -2.19. The van der Waals surface area contributed by atoms with E-state index in [0.717, 1.165) is 11.4 Å². The maximum atomic E-state index is 12.5. The second kappa shape index (κ2) is 5.84. The summed E-state index contributed by atoms with van der Waals surface area (Å²) in [5.41, 5.74) is 3.53. The minimum Gasteiger partial charge on any atom is -0.321 e. The Labute approximate surface area is 138 Å². The number of carbonyl (C=O) groups excluding carboxylic acids is 1. The summed E-state index contributed by atoms with van der Waals surface area (Å²) in [6.07, 6.45) is 0. The SMILES string of the molecule is Cn1nc(C(C)(C)C)cc1C(=O)Nc1ccc(C(C)(C)C)cc1. The van der Waals surface area contributed by atoms with Gasteiger partial charge in [-0.25, -0.2) is 0 Å². The van der Waals surface area contributed by atoms with E-state index in [-0.39, 0.29) is 16.7 Å². The minimum absolute atomic E-state index is 0.0787. The van der Waals surface area contributed by atoms with E-state index in [1.54, 1.807) is 11.7 Å². The summed E-state index contributed by atoms with van der Waals surface area (Å²) in [7, 11) is 1.80. The van der Waals surface area contributed by atoms with Crippen LogP contribution < -0.4 is 5.32 Å². The summed E-state index contributed by atoms with van der Waals surface area (Å²) in [4.78, 5) is 12.5. The quantitative estimate of drug-likeness (QED) is 0.900. The Hall–Kier alpha value is -2.10. The normalized spacial score (nSPS) is 12.3. The lowest BCUT2D eigenvalue weighted by Crippen LogP contribution is -2.16. The number of carbonyl (C=O) groups is 1. The smallest absolute Gasteiger partial charge is 0.273 e. The lowest BCUT2D eigenvalue weighted by atomic mass is 9.87. The van der Waals surface area contributed by atoms with E-state index in [1.807, 2.05) is 18.2 Å². The van der Waals surface area contributed by atoms with Gasteiger partial charge in [0.25, 0.3) is 5.91 Å². The van der Waals surface area contributed by atoms with E-state index in [1.165, 1.54) is 5.56 Å². The Morgan fingerprint density at radius 2 is 1.57 bits per heavy atom. The maximum absolute atomic E-state index is 12.5. The molecule has 0 saturated carbocycles. The highest BCUT2D eigenvalue weighted by Gasteiger charge is 2.22. The van der Waals surface area contributed by atoms with Crippen LogP contribution in [-0.4, -0.2) is 15.7 Å². The van der Waals surface area contributed by atoms with Crippen molar-refractivity contribution in [2.45, 2.75) is 52.4 Å². The first-order valence-electron chi connectivity index (χ1n) is 7.95. The van der Waals surface area contributed by atoms with Gasteiger partial charge in [-0.15, -0.1) is 0 Å². The first-order chi connectivity index (χ1) is 10.5. The number of benzene rings is 1. The average Bonchev–Trinajstić information content (AvgIpc) is 2.80. The zero-order valence-electron chi connectivity index (χ0n) is 15.2. The van der Waals surface area contributed by atoms with Crippen LogP contribution in [0.1, 0.15) is 63.3 Å². The summed E-state index contributed by atoms with van der Waals surface area (Å²) >= 11 is 0. The summed E-state index contributed by atoms with van der Waals surface area (Å²) in [5, 5.41) is 7.39. The summed E-state index contributed by atoms with van der Waals surface area (Å²) in [6.45, 7) is 12.8. The third-order valence-corrected chi connectivity index (χ3v) is 3.89. The first kappa shape index (κ1) is 17.3. The standard InChI is InChI=1S/C19H27N3O/c1-18(2,3)13-8-10-14(11-9-13)20-17(23)15-12-16(19(4,5)6)21-22(15)7/h8-12H,1-7H3,(H,20,23). The Morgan fingerprint density at radius 1 is 1.00 bits per heavy atom. The van der Waals surface area contributed by atoms with Gasteiger partial charge in [-0.1, -0.05) is 53.7 Å². The van der Waals surface area contributed by atoms with Gasteiger partial charge in [0.05, 0.1) is 5.69 Å².